The molecule has 1 N–H and O–H groups in total. The highest BCUT2D eigenvalue weighted by molar-refractivity contribution is 5.91. The lowest BCUT2D eigenvalue weighted by Gasteiger charge is -2.31. The monoisotopic (exact) mass is 250 g/mol. The summed E-state index contributed by atoms with van der Waals surface area (Å²) in [6.45, 7) is 6.12. The molecular formula is C14H22N2O2. The molecule has 1 aliphatic rings. The van der Waals surface area contributed by atoms with Crippen molar-refractivity contribution in [3.8, 4) is 0 Å². The normalized spacial score (nSPS) is 28.1. The first-order valence-electron chi connectivity index (χ1n) is 6.59. The Hall–Kier alpha value is -1.16. The summed E-state index contributed by atoms with van der Waals surface area (Å²) >= 11 is 0. The minimum Gasteiger partial charge on any atom is -0.449 e. The summed E-state index contributed by atoms with van der Waals surface area (Å²) in [5, 5.41) is 3.18. The molecule has 1 aliphatic carbocycles. The number of nitrogens with zero attached hydrogens (tertiary/aromatic N) is 1. The molecule has 0 amide bonds. The van der Waals surface area contributed by atoms with Crippen molar-refractivity contribution in [1.29, 1.82) is 0 Å². The molecule has 1 fully saturated rings. The van der Waals surface area contributed by atoms with Crippen LogP contribution in [-0.4, -0.2) is 23.9 Å². The zero-order valence-electron chi connectivity index (χ0n) is 11.6. The Morgan fingerprint density at radius 1 is 1.50 bits per heavy atom. The Labute approximate surface area is 108 Å². The molecule has 4 nitrogen and oxygen atoms in total. The molecule has 0 saturated heterocycles. The molecule has 4 heteroatoms. The van der Waals surface area contributed by atoms with Gasteiger partial charge >= 0.3 is 0 Å². The zero-order chi connectivity index (χ0) is 13.3. The summed E-state index contributed by atoms with van der Waals surface area (Å²) in [6.07, 6.45) is 4.60. The van der Waals surface area contributed by atoms with Gasteiger partial charge < -0.3 is 9.73 Å². The number of carbonyl (C=O) groups excluding carboxylic acids is 1. The number of likely N-dealkylation sites (N-methyl/N-ethyl adjacent to an activating group) is 1. The quantitative estimate of drug-likeness (QED) is 0.819. The fourth-order valence-electron chi connectivity index (χ4n) is 3.00. The van der Waals surface area contributed by atoms with Gasteiger partial charge in [-0.3, -0.25) is 4.79 Å². The molecule has 0 aliphatic heterocycles. The summed E-state index contributed by atoms with van der Waals surface area (Å²) in [5.74, 6) is 0.747. The van der Waals surface area contributed by atoms with Gasteiger partial charge in [-0.2, -0.15) is 0 Å². The molecule has 2 rings (SSSR count). The van der Waals surface area contributed by atoms with Gasteiger partial charge in [-0.1, -0.05) is 20.3 Å². The number of oxazole rings is 1. The van der Waals surface area contributed by atoms with Gasteiger partial charge in [-0.15, -0.1) is 0 Å². The standard InChI is InChI=1S/C14H22N2O2/c1-9-16-11(8-18-9)10-6-5-7-14(2,3)13(15-4)12(10)17/h8,10,13,15H,5-7H2,1-4H3. The van der Waals surface area contributed by atoms with E-state index in [9.17, 15) is 4.79 Å². The Morgan fingerprint density at radius 2 is 2.22 bits per heavy atom. The minimum absolute atomic E-state index is 0.000631. The van der Waals surface area contributed by atoms with Gasteiger partial charge in [0, 0.05) is 6.92 Å². The van der Waals surface area contributed by atoms with E-state index in [0.29, 0.717) is 5.89 Å². The Morgan fingerprint density at radius 3 is 2.78 bits per heavy atom. The lowest BCUT2D eigenvalue weighted by Crippen LogP contribution is -2.46. The van der Waals surface area contributed by atoms with E-state index in [1.807, 2.05) is 14.0 Å². The topological polar surface area (TPSA) is 55.1 Å². The highest BCUT2D eigenvalue weighted by Gasteiger charge is 2.41. The fraction of sp³-hybridized carbons (Fsp3) is 0.714. The van der Waals surface area contributed by atoms with Crippen LogP contribution in [0.15, 0.2) is 10.7 Å². The molecule has 2 unspecified atom stereocenters. The smallest absolute Gasteiger partial charge is 0.191 e. The van der Waals surface area contributed by atoms with Crippen LogP contribution in [0.3, 0.4) is 0 Å². The van der Waals surface area contributed by atoms with Crippen LogP contribution in [0.1, 0.15) is 50.6 Å². The summed E-state index contributed by atoms with van der Waals surface area (Å²) in [7, 11) is 1.86. The van der Waals surface area contributed by atoms with E-state index in [1.165, 1.54) is 0 Å². The SMILES string of the molecule is CNC1C(=O)C(c2coc(C)n2)CCCC1(C)C. The Kier molecular flexibility index (Phi) is 3.57. The van der Waals surface area contributed by atoms with Gasteiger partial charge in [0.05, 0.1) is 17.7 Å². The van der Waals surface area contributed by atoms with Crippen LogP contribution in [0.25, 0.3) is 0 Å². The number of aromatic nitrogens is 1. The van der Waals surface area contributed by atoms with Gasteiger partial charge in [-0.05, 0) is 25.3 Å². The van der Waals surface area contributed by atoms with Crippen molar-refractivity contribution >= 4 is 5.78 Å². The van der Waals surface area contributed by atoms with Crippen LogP contribution >= 0.6 is 0 Å². The molecule has 0 aromatic carbocycles. The van der Waals surface area contributed by atoms with Gasteiger partial charge in [0.25, 0.3) is 0 Å². The molecule has 0 bridgehead atoms. The molecule has 1 heterocycles. The highest BCUT2D eigenvalue weighted by atomic mass is 16.3. The molecule has 1 aromatic rings. The van der Waals surface area contributed by atoms with Crippen molar-refractivity contribution in [2.75, 3.05) is 7.05 Å². The zero-order valence-corrected chi connectivity index (χ0v) is 11.6. The van der Waals surface area contributed by atoms with Crippen molar-refractivity contribution in [1.82, 2.24) is 10.3 Å². The number of rotatable bonds is 2. The average molecular weight is 250 g/mol. The van der Waals surface area contributed by atoms with Gasteiger partial charge in [-0.25, -0.2) is 4.98 Å². The van der Waals surface area contributed by atoms with Crippen molar-refractivity contribution < 1.29 is 9.21 Å². The predicted molar refractivity (Wildman–Crippen MR) is 69.5 cm³/mol. The Bertz CT molecular complexity index is 437. The maximum Gasteiger partial charge on any atom is 0.191 e. The third kappa shape index (κ3) is 2.34. The molecule has 1 aromatic heterocycles. The predicted octanol–water partition coefficient (Wildman–Crippen LogP) is 2.43. The number of hydrogen-bond donors (Lipinski definition) is 1. The molecule has 100 valence electrons. The Balaban J connectivity index is 2.30. The van der Waals surface area contributed by atoms with E-state index >= 15 is 0 Å². The van der Waals surface area contributed by atoms with Crippen molar-refractivity contribution in [2.24, 2.45) is 5.41 Å². The lowest BCUT2D eigenvalue weighted by atomic mass is 9.79. The number of aryl methyl sites for hydroxylation is 1. The highest BCUT2D eigenvalue weighted by Crippen LogP contribution is 2.38. The van der Waals surface area contributed by atoms with E-state index < -0.39 is 0 Å². The second kappa shape index (κ2) is 4.84. The first kappa shape index (κ1) is 13.3. The summed E-state index contributed by atoms with van der Waals surface area (Å²) in [5.41, 5.74) is 0.787. The second-order valence-electron chi connectivity index (χ2n) is 5.85. The first-order valence-corrected chi connectivity index (χ1v) is 6.59. The molecule has 2 atom stereocenters. The first-order chi connectivity index (χ1) is 8.45. The summed E-state index contributed by atoms with van der Waals surface area (Å²) in [4.78, 5) is 17.0. The van der Waals surface area contributed by atoms with Crippen LogP contribution in [0.2, 0.25) is 0 Å². The van der Waals surface area contributed by atoms with Crippen molar-refractivity contribution in [3.63, 3.8) is 0 Å². The van der Waals surface area contributed by atoms with Gasteiger partial charge in [0.2, 0.25) is 0 Å². The van der Waals surface area contributed by atoms with Crippen molar-refractivity contribution in [3.05, 3.63) is 17.8 Å². The van der Waals surface area contributed by atoms with E-state index in [-0.39, 0.29) is 23.2 Å². The number of nitrogens with one attached hydrogen (secondary N) is 1. The summed E-state index contributed by atoms with van der Waals surface area (Å²) < 4.78 is 5.24. The third-order valence-corrected chi connectivity index (χ3v) is 4.01. The van der Waals surface area contributed by atoms with Gasteiger partial charge in [0.15, 0.2) is 11.7 Å². The van der Waals surface area contributed by atoms with Crippen LogP contribution in [0.5, 0.6) is 0 Å². The molecule has 0 radical (unpaired) electrons. The molecule has 18 heavy (non-hydrogen) atoms. The van der Waals surface area contributed by atoms with Crippen LogP contribution in [0.4, 0.5) is 0 Å². The maximum atomic E-state index is 12.7. The number of hydrogen-bond acceptors (Lipinski definition) is 4. The van der Waals surface area contributed by atoms with Crippen LogP contribution < -0.4 is 5.32 Å². The van der Waals surface area contributed by atoms with Gasteiger partial charge in [0.1, 0.15) is 6.26 Å². The van der Waals surface area contributed by atoms with E-state index in [4.69, 9.17) is 4.42 Å². The maximum absolute atomic E-state index is 12.7. The van der Waals surface area contributed by atoms with E-state index in [0.717, 1.165) is 25.0 Å². The number of Topliss-reactive ketones (excluding diaryl/α,β-unsaturated/α-hetero) is 1. The third-order valence-electron chi connectivity index (χ3n) is 4.01. The fourth-order valence-corrected chi connectivity index (χ4v) is 3.00. The van der Waals surface area contributed by atoms with E-state index in [2.05, 4.69) is 24.1 Å². The van der Waals surface area contributed by atoms with E-state index in [1.54, 1.807) is 6.26 Å². The largest absolute Gasteiger partial charge is 0.449 e. The van der Waals surface area contributed by atoms with Crippen LogP contribution in [0, 0.1) is 12.3 Å². The van der Waals surface area contributed by atoms with Crippen LogP contribution in [-0.2, 0) is 4.79 Å². The molecule has 1 saturated carbocycles. The lowest BCUT2D eigenvalue weighted by molar-refractivity contribution is -0.124. The minimum atomic E-state index is -0.123. The average Bonchev–Trinajstić information content (AvgIpc) is 2.66. The second-order valence-corrected chi connectivity index (χ2v) is 5.85. The number of carbonyl (C=O) groups is 1. The molecule has 0 spiro atoms. The summed E-state index contributed by atoms with van der Waals surface area (Å²) in [6, 6.07) is -0.109. The van der Waals surface area contributed by atoms with Crippen molar-refractivity contribution in [2.45, 2.75) is 52.0 Å². The number of ketones is 1. The molecular weight excluding hydrogens is 228 g/mol.